The fraction of sp³-hybridized carbons (Fsp3) is 0.346. The van der Waals surface area contributed by atoms with Gasteiger partial charge in [0.05, 0.1) is 39.5 Å². The smallest absolute Gasteiger partial charge is 0.270 e. The molecule has 0 aliphatic heterocycles. The maximum absolute atomic E-state index is 12.7. The van der Waals surface area contributed by atoms with Gasteiger partial charge >= 0.3 is 0 Å². The van der Waals surface area contributed by atoms with Gasteiger partial charge in [0, 0.05) is 12.7 Å². The molecule has 1 atom stereocenters. The molecule has 3 rings (SSSR count). The molecule has 37 heavy (non-hydrogen) atoms. The molecular formula is C26H32N6O5. The Morgan fingerprint density at radius 1 is 1.11 bits per heavy atom. The molecular weight excluding hydrogens is 476 g/mol. The molecule has 6 N–H and O–H groups in total. The molecule has 2 aromatic carbocycles. The molecule has 2 amide bonds. The maximum atomic E-state index is 12.7. The lowest BCUT2D eigenvalue weighted by molar-refractivity contribution is -0.118. The largest absolute Gasteiger partial charge is 0.493 e. The van der Waals surface area contributed by atoms with Gasteiger partial charge in [-0.1, -0.05) is 24.3 Å². The number of methoxy groups -OCH3 is 3. The fourth-order valence-electron chi connectivity index (χ4n) is 3.76. The molecule has 1 fully saturated rings. The summed E-state index contributed by atoms with van der Waals surface area (Å²) in [6.45, 7) is 0.298. The van der Waals surface area contributed by atoms with Crippen LogP contribution in [0.1, 0.15) is 46.3 Å². The Labute approximate surface area is 215 Å². The van der Waals surface area contributed by atoms with Gasteiger partial charge in [-0.15, -0.1) is 0 Å². The third kappa shape index (κ3) is 6.83. The number of hydrogen-bond donors (Lipinski definition) is 4. The van der Waals surface area contributed by atoms with Crippen molar-refractivity contribution in [1.82, 2.24) is 15.6 Å². The first-order valence-electron chi connectivity index (χ1n) is 11.7. The number of hydrazine groups is 1. The minimum atomic E-state index is -0.852. The molecule has 0 saturated heterocycles. The SMILES string of the molecule is COc1ccc(C(=O)NCCN(N)/C=C(\N)C(=O)NC(C#N)c2ccc(C3CC3)cc2)c(OC)c1OC. The molecule has 0 aromatic heterocycles. The first-order valence-corrected chi connectivity index (χ1v) is 11.7. The Hall–Kier alpha value is -4.43. The van der Waals surface area contributed by atoms with Crippen LogP contribution in [0.25, 0.3) is 0 Å². The van der Waals surface area contributed by atoms with Crippen LogP contribution >= 0.6 is 0 Å². The quantitative estimate of drug-likeness (QED) is 0.190. The number of hydrogen-bond acceptors (Lipinski definition) is 9. The number of nitrogens with one attached hydrogen (secondary N) is 2. The number of carbonyl (C=O) groups is 2. The third-order valence-corrected chi connectivity index (χ3v) is 5.89. The summed E-state index contributed by atoms with van der Waals surface area (Å²) in [7, 11) is 4.36. The molecule has 0 spiro atoms. The van der Waals surface area contributed by atoms with Gasteiger partial charge in [0.1, 0.15) is 11.7 Å². The summed E-state index contributed by atoms with van der Waals surface area (Å²) in [5.41, 5.74) is 7.87. The second-order valence-corrected chi connectivity index (χ2v) is 8.44. The van der Waals surface area contributed by atoms with E-state index in [1.807, 2.05) is 24.3 Å². The number of nitrogens with two attached hydrogens (primary N) is 2. The Morgan fingerprint density at radius 3 is 2.35 bits per heavy atom. The number of nitrogens with zero attached hydrogens (tertiary/aromatic N) is 2. The number of nitriles is 1. The van der Waals surface area contributed by atoms with E-state index >= 15 is 0 Å². The van der Waals surface area contributed by atoms with Crippen LogP contribution in [0.4, 0.5) is 0 Å². The van der Waals surface area contributed by atoms with Crippen molar-refractivity contribution in [2.45, 2.75) is 24.8 Å². The van der Waals surface area contributed by atoms with Crippen molar-refractivity contribution < 1.29 is 23.8 Å². The highest BCUT2D eigenvalue weighted by molar-refractivity contribution is 5.98. The van der Waals surface area contributed by atoms with E-state index in [0.717, 1.165) is 0 Å². The van der Waals surface area contributed by atoms with Crippen molar-refractivity contribution in [3.63, 3.8) is 0 Å². The van der Waals surface area contributed by atoms with E-state index < -0.39 is 17.9 Å². The summed E-state index contributed by atoms with van der Waals surface area (Å²) in [6.07, 6.45) is 3.61. The molecule has 0 bridgehead atoms. The van der Waals surface area contributed by atoms with Gasteiger partial charge in [0.25, 0.3) is 11.8 Å². The second kappa shape index (κ2) is 12.5. The predicted octanol–water partition coefficient (Wildman–Crippen LogP) is 1.68. The zero-order valence-corrected chi connectivity index (χ0v) is 21.1. The highest BCUT2D eigenvalue weighted by Crippen LogP contribution is 2.40. The van der Waals surface area contributed by atoms with Crippen LogP contribution in [0, 0.1) is 11.3 Å². The third-order valence-electron chi connectivity index (χ3n) is 5.89. The summed E-state index contributed by atoms with van der Waals surface area (Å²) in [5.74, 6) is 6.44. The van der Waals surface area contributed by atoms with Crippen LogP contribution in [-0.4, -0.2) is 51.2 Å². The summed E-state index contributed by atoms with van der Waals surface area (Å²) < 4.78 is 15.9. The van der Waals surface area contributed by atoms with E-state index in [1.165, 1.54) is 50.9 Å². The lowest BCUT2D eigenvalue weighted by Gasteiger charge is -2.18. The van der Waals surface area contributed by atoms with Gasteiger partial charge in [-0.3, -0.25) is 9.59 Å². The van der Waals surface area contributed by atoms with Gasteiger partial charge in [0.15, 0.2) is 11.5 Å². The Bertz CT molecular complexity index is 1190. The van der Waals surface area contributed by atoms with Crippen LogP contribution < -0.4 is 36.4 Å². The minimum Gasteiger partial charge on any atom is -0.493 e. The highest BCUT2D eigenvalue weighted by atomic mass is 16.5. The van der Waals surface area contributed by atoms with E-state index in [0.29, 0.717) is 23.0 Å². The van der Waals surface area contributed by atoms with Gasteiger partial charge in [-0.2, -0.15) is 5.26 Å². The van der Waals surface area contributed by atoms with Crippen molar-refractivity contribution in [2.75, 3.05) is 34.4 Å². The highest BCUT2D eigenvalue weighted by Gasteiger charge is 2.24. The van der Waals surface area contributed by atoms with E-state index in [9.17, 15) is 14.9 Å². The van der Waals surface area contributed by atoms with Crippen LogP contribution in [0.15, 0.2) is 48.3 Å². The Morgan fingerprint density at radius 2 is 1.78 bits per heavy atom. The molecule has 0 radical (unpaired) electrons. The van der Waals surface area contributed by atoms with Crippen molar-refractivity contribution in [2.24, 2.45) is 11.6 Å². The van der Waals surface area contributed by atoms with Crippen LogP contribution in [-0.2, 0) is 4.79 Å². The van der Waals surface area contributed by atoms with E-state index in [4.69, 9.17) is 25.8 Å². The number of ether oxygens (including phenoxy) is 3. The zero-order chi connectivity index (χ0) is 26.9. The molecule has 2 aromatic rings. The molecule has 196 valence electrons. The van der Waals surface area contributed by atoms with Crippen LogP contribution in [0.3, 0.4) is 0 Å². The molecule has 11 nitrogen and oxygen atoms in total. The Balaban J connectivity index is 1.53. The Kier molecular flexibility index (Phi) is 9.18. The van der Waals surface area contributed by atoms with Crippen molar-refractivity contribution >= 4 is 11.8 Å². The lowest BCUT2D eigenvalue weighted by Crippen LogP contribution is -2.38. The van der Waals surface area contributed by atoms with Crippen molar-refractivity contribution in [1.29, 1.82) is 5.26 Å². The summed E-state index contributed by atoms with van der Waals surface area (Å²) in [4.78, 5) is 25.2. The second-order valence-electron chi connectivity index (χ2n) is 8.44. The first-order chi connectivity index (χ1) is 17.8. The standard InChI is InChI=1S/C26H32N6O5/c1-35-22-11-10-19(23(36-2)24(22)37-3)25(33)30-12-13-32(29)15-20(28)26(34)31-21(14-27)18-8-6-17(7-9-18)16-4-5-16/h6-11,15-16,21H,4-5,12-13,28-29H2,1-3H3,(H,30,33)(H,31,34)/b20-15-. The average Bonchev–Trinajstić information content (AvgIpc) is 3.76. The predicted molar refractivity (Wildman–Crippen MR) is 137 cm³/mol. The van der Waals surface area contributed by atoms with E-state index in [-0.39, 0.29) is 30.1 Å². The summed E-state index contributed by atoms with van der Waals surface area (Å²) >= 11 is 0. The molecule has 1 unspecified atom stereocenters. The molecule has 1 saturated carbocycles. The monoisotopic (exact) mass is 508 g/mol. The molecule has 1 aliphatic carbocycles. The average molecular weight is 509 g/mol. The lowest BCUT2D eigenvalue weighted by atomic mass is 10.0. The van der Waals surface area contributed by atoms with E-state index in [1.54, 1.807) is 12.1 Å². The zero-order valence-electron chi connectivity index (χ0n) is 21.1. The number of benzene rings is 2. The molecule has 11 heteroatoms. The van der Waals surface area contributed by atoms with Gasteiger partial charge in [-0.05, 0) is 42.0 Å². The number of amides is 2. The summed E-state index contributed by atoms with van der Waals surface area (Å²) in [5, 5.41) is 16.0. The number of rotatable bonds is 12. The molecule has 1 aliphatic rings. The minimum absolute atomic E-state index is 0.145. The van der Waals surface area contributed by atoms with Crippen molar-refractivity contribution in [3.8, 4) is 23.3 Å². The van der Waals surface area contributed by atoms with Crippen LogP contribution in [0.5, 0.6) is 17.2 Å². The van der Waals surface area contributed by atoms with Gasteiger partial charge < -0.3 is 35.6 Å². The normalized spacial score (nSPS) is 13.6. The summed E-state index contributed by atoms with van der Waals surface area (Å²) in [6, 6.07) is 12.0. The van der Waals surface area contributed by atoms with Crippen molar-refractivity contribution in [3.05, 3.63) is 65.0 Å². The fourth-order valence-corrected chi connectivity index (χ4v) is 3.76. The topological polar surface area (TPSA) is 165 Å². The van der Waals surface area contributed by atoms with Gasteiger partial charge in [-0.25, -0.2) is 5.84 Å². The first kappa shape index (κ1) is 27.2. The number of carbonyl (C=O) groups excluding carboxylic acids is 2. The molecule has 0 heterocycles. The van der Waals surface area contributed by atoms with E-state index in [2.05, 4.69) is 16.7 Å². The maximum Gasteiger partial charge on any atom is 0.270 e. The van der Waals surface area contributed by atoms with Gasteiger partial charge in [0.2, 0.25) is 5.75 Å². The van der Waals surface area contributed by atoms with Crippen LogP contribution in [0.2, 0.25) is 0 Å².